The first-order valence-corrected chi connectivity index (χ1v) is 6.20. The van der Waals surface area contributed by atoms with E-state index in [-0.39, 0.29) is 5.78 Å². The number of ketones is 1. The highest BCUT2D eigenvalue weighted by Crippen LogP contribution is 2.27. The SMILES string of the molecule is COc1ccc(-c2nn3ncccc3c2C(C)=O)cc1. The summed E-state index contributed by atoms with van der Waals surface area (Å²) in [4.78, 5) is 11.9. The molecule has 0 saturated carbocycles. The number of hydrogen-bond acceptors (Lipinski definition) is 4. The van der Waals surface area contributed by atoms with E-state index < -0.39 is 0 Å². The Balaban J connectivity index is 2.23. The molecular weight excluding hydrogens is 254 g/mol. The maximum atomic E-state index is 11.9. The van der Waals surface area contributed by atoms with Crippen LogP contribution in [0, 0.1) is 0 Å². The minimum absolute atomic E-state index is 0.0289. The second-order valence-corrected chi connectivity index (χ2v) is 4.41. The van der Waals surface area contributed by atoms with E-state index in [1.807, 2.05) is 30.3 Å². The summed E-state index contributed by atoms with van der Waals surface area (Å²) in [6, 6.07) is 11.1. The van der Waals surface area contributed by atoms with Gasteiger partial charge >= 0.3 is 0 Å². The largest absolute Gasteiger partial charge is 0.497 e. The topological polar surface area (TPSA) is 56.5 Å². The fourth-order valence-electron chi connectivity index (χ4n) is 2.19. The van der Waals surface area contributed by atoms with Crippen molar-refractivity contribution < 1.29 is 9.53 Å². The van der Waals surface area contributed by atoms with Gasteiger partial charge in [0.1, 0.15) is 11.4 Å². The van der Waals surface area contributed by atoms with E-state index in [4.69, 9.17) is 4.74 Å². The number of carbonyl (C=O) groups excluding carboxylic acids is 1. The Bertz CT molecular complexity index is 775. The Hall–Kier alpha value is -2.69. The highest BCUT2D eigenvalue weighted by molar-refractivity contribution is 6.06. The van der Waals surface area contributed by atoms with Gasteiger partial charge in [-0.25, -0.2) is 0 Å². The van der Waals surface area contributed by atoms with Crippen LogP contribution in [0.25, 0.3) is 16.8 Å². The number of rotatable bonds is 3. The average molecular weight is 267 g/mol. The molecule has 0 fully saturated rings. The van der Waals surface area contributed by atoms with Gasteiger partial charge in [-0.2, -0.15) is 9.73 Å². The third kappa shape index (κ3) is 1.93. The van der Waals surface area contributed by atoms with Gasteiger partial charge in [-0.1, -0.05) is 0 Å². The number of nitrogens with zero attached hydrogens (tertiary/aromatic N) is 3. The van der Waals surface area contributed by atoms with E-state index in [2.05, 4.69) is 10.2 Å². The predicted molar refractivity (Wildman–Crippen MR) is 75.0 cm³/mol. The minimum atomic E-state index is -0.0289. The molecule has 0 N–H and O–H groups in total. The van der Waals surface area contributed by atoms with Crippen LogP contribution in [0.3, 0.4) is 0 Å². The van der Waals surface area contributed by atoms with Crippen molar-refractivity contribution in [3.63, 3.8) is 0 Å². The molecule has 5 heteroatoms. The Morgan fingerprint density at radius 2 is 1.95 bits per heavy atom. The molecule has 0 aliphatic carbocycles. The average Bonchev–Trinajstić information content (AvgIpc) is 2.86. The molecule has 20 heavy (non-hydrogen) atoms. The number of carbonyl (C=O) groups is 1. The number of fused-ring (bicyclic) bond motifs is 1. The first-order valence-electron chi connectivity index (χ1n) is 6.20. The van der Waals surface area contributed by atoms with Crippen molar-refractivity contribution in [1.29, 1.82) is 0 Å². The molecule has 0 atom stereocenters. The molecule has 0 spiro atoms. The van der Waals surface area contributed by atoms with Gasteiger partial charge in [-0.15, -0.1) is 5.10 Å². The second kappa shape index (κ2) is 4.77. The third-order valence-electron chi connectivity index (χ3n) is 3.13. The summed E-state index contributed by atoms with van der Waals surface area (Å²) in [5.74, 6) is 0.735. The van der Waals surface area contributed by atoms with Crippen LogP contribution in [-0.2, 0) is 0 Å². The van der Waals surface area contributed by atoms with Gasteiger partial charge in [-0.05, 0) is 43.3 Å². The number of hydrogen-bond donors (Lipinski definition) is 0. The predicted octanol–water partition coefficient (Wildman–Crippen LogP) is 2.61. The lowest BCUT2D eigenvalue weighted by atomic mass is 10.0. The van der Waals surface area contributed by atoms with Crippen molar-refractivity contribution in [1.82, 2.24) is 14.8 Å². The zero-order valence-corrected chi connectivity index (χ0v) is 11.2. The maximum absolute atomic E-state index is 11.9. The van der Waals surface area contributed by atoms with Crippen molar-refractivity contribution in [2.45, 2.75) is 6.92 Å². The highest BCUT2D eigenvalue weighted by Gasteiger charge is 2.18. The first kappa shape index (κ1) is 12.3. The number of Topliss-reactive ketones (excluding diaryl/α,β-unsaturated/α-hetero) is 1. The standard InChI is InChI=1S/C15H13N3O2/c1-10(19)14-13-4-3-9-16-18(13)17-15(14)11-5-7-12(20-2)8-6-11/h3-9H,1-2H3. The molecule has 0 amide bonds. The van der Waals surface area contributed by atoms with Gasteiger partial charge in [-0.3, -0.25) is 4.79 Å². The van der Waals surface area contributed by atoms with E-state index in [1.165, 1.54) is 11.6 Å². The molecule has 0 aliphatic rings. The molecule has 0 aliphatic heterocycles. The molecule has 0 unspecified atom stereocenters. The smallest absolute Gasteiger partial charge is 0.164 e. The van der Waals surface area contributed by atoms with Crippen LogP contribution in [-0.4, -0.2) is 27.7 Å². The van der Waals surface area contributed by atoms with E-state index in [0.717, 1.165) is 11.3 Å². The van der Waals surface area contributed by atoms with Crippen LogP contribution >= 0.6 is 0 Å². The van der Waals surface area contributed by atoms with Gasteiger partial charge in [0.15, 0.2) is 5.78 Å². The molecule has 3 rings (SSSR count). The summed E-state index contributed by atoms with van der Waals surface area (Å²) in [5.41, 5.74) is 2.80. The van der Waals surface area contributed by atoms with E-state index in [0.29, 0.717) is 16.8 Å². The van der Waals surface area contributed by atoms with Gasteiger partial charge in [0.2, 0.25) is 0 Å². The monoisotopic (exact) mass is 267 g/mol. The summed E-state index contributed by atoms with van der Waals surface area (Å²) in [6.45, 7) is 1.54. The van der Waals surface area contributed by atoms with Gasteiger partial charge in [0.25, 0.3) is 0 Å². The lowest BCUT2D eigenvalue weighted by Gasteiger charge is -2.02. The van der Waals surface area contributed by atoms with Gasteiger partial charge in [0, 0.05) is 11.8 Å². The zero-order chi connectivity index (χ0) is 14.1. The fraction of sp³-hybridized carbons (Fsp3) is 0.133. The summed E-state index contributed by atoms with van der Waals surface area (Å²) >= 11 is 0. The molecule has 0 saturated heterocycles. The first-order chi connectivity index (χ1) is 9.70. The Kier molecular flexibility index (Phi) is 2.95. The van der Waals surface area contributed by atoms with Crippen LogP contribution < -0.4 is 4.74 Å². The lowest BCUT2D eigenvalue weighted by Crippen LogP contribution is -1.94. The van der Waals surface area contributed by atoms with Crippen molar-refractivity contribution in [3.8, 4) is 17.0 Å². The second-order valence-electron chi connectivity index (χ2n) is 4.41. The number of ether oxygens (including phenoxy) is 1. The Morgan fingerprint density at radius 3 is 2.60 bits per heavy atom. The summed E-state index contributed by atoms with van der Waals surface area (Å²) in [6.07, 6.45) is 1.64. The molecule has 5 nitrogen and oxygen atoms in total. The van der Waals surface area contributed by atoms with Gasteiger partial charge < -0.3 is 4.74 Å². The lowest BCUT2D eigenvalue weighted by molar-refractivity contribution is 0.102. The van der Waals surface area contributed by atoms with Crippen molar-refractivity contribution >= 4 is 11.3 Å². The molecule has 2 aromatic heterocycles. The fourth-order valence-corrected chi connectivity index (χ4v) is 2.19. The summed E-state index contributed by atoms with van der Waals surface area (Å²) < 4.78 is 6.62. The van der Waals surface area contributed by atoms with Crippen LogP contribution in [0.4, 0.5) is 0 Å². The molecular formula is C15H13N3O2. The maximum Gasteiger partial charge on any atom is 0.164 e. The number of methoxy groups -OCH3 is 1. The number of aromatic nitrogens is 3. The van der Waals surface area contributed by atoms with Crippen LogP contribution in [0.1, 0.15) is 17.3 Å². The Labute approximate surface area is 115 Å². The summed E-state index contributed by atoms with van der Waals surface area (Å²) in [5, 5.41) is 8.54. The van der Waals surface area contributed by atoms with E-state index in [1.54, 1.807) is 19.4 Å². The van der Waals surface area contributed by atoms with Crippen LogP contribution in [0.15, 0.2) is 42.6 Å². The molecule has 0 radical (unpaired) electrons. The van der Waals surface area contributed by atoms with Crippen molar-refractivity contribution in [2.24, 2.45) is 0 Å². The molecule has 2 heterocycles. The number of benzene rings is 1. The van der Waals surface area contributed by atoms with Crippen LogP contribution in [0.5, 0.6) is 5.75 Å². The third-order valence-corrected chi connectivity index (χ3v) is 3.13. The quantitative estimate of drug-likeness (QED) is 0.684. The van der Waals surface area contributed by atoms with E-state index >= 15 is 0 Å². The minimum Gasteiger partial charge on any atom is -0.497 e. The Morgan fingerprint density at radius 1 is 1.20 bits per heavy atom. The van der Waals surface area contributed by atoms with E-state index in [9.17, 15) is 4.79 Å². The molecule has 1 aromatic carbocycles. The van der Waals surface area contributed by atoms with Crippen LogP contribution in [0.2, 0.25) is 0 Å². The van der Waals surface area contributed by atoms with Crippen molar-refractivity contribution in [3.05, 3.63) is 48.2 Å². The normalized spacial score (nSPS) is 10.7. The molecule has 100 valence electrons. The molecule has 3 aromatic rings. The van der Waals surface area contributed by atoms with Crippen molar-refractivity contribution in [2.75, 3.05) is 7.11 Å². The zero-order valence-electron chi connectivity index (χ0n) is 11.2. The summed E-state index contributed by atoms with van der Waals surface area (Å²) in [7, 11) is 1.62. The van der Waals surface area contributed by atoms with Gasteiger partial charge in [0.05, 0.1) is 18.2 Å². The molecule has 0 bridgehead atoms. The highest BCUT2D eigenvalue weighted by atomic mass is 16.5.